The standard InChI is InChI=1S/C17H14FN3OS3/c1-11-7-8-14(13(18)9-11)19-15(22)10-24-16-20-21(17(23)25-16)12-5-3-2-4-6-12/h2-9H,10H2,1H3,(H,19,22). The molecule has 0 saturated heterocycles. The van der Waals surface area contributed by atoms with E-state index in [9.17, 15) is 9.18 Å². The van der Waals surface area contributed by atoms with Crippen molar-refractivity contribution in [2.45, 2.75) is 11.3 Å². The van der Waals surface area contributed by atoms with E-state index >= 15 is 0 Å². The van der Waals surface area contributed by atoms with Crippen LogP contribution >= 0.6 is 35.3 Å². The van der Waals surface area contributed by atoms with Crippen LogP contribution in [0.1, 0.15) is 5.56 Å². The first-order valence-electron chi connectivity index (χ1n) is 7.37. The lowest BCUT2D eigenvalue weighted by Crippen LogP contribution is -2.15. The second kappa shape index (κ2) is 7.90. The summed E-state index contributed by atoms with van der Waals surface area (Å²) in [6, 6.07) is 14.3. The molecule has 3 aromatic rings. The Kier molecular flexibility index (Phi) is 5.62. The molecule has 128 valence electrons. The van der Waals surface area contributed by atoms with Crippen molar-refractivity contribution < 1.29 is 9.18 Å². The van der Waals surface area contributed by atoms with Crippen molar-refractivity contribution in [3.05, 3.63) is 63.9 Å². The van der Waals surface area contributed by atoms with E-state index in [2.05, 4.69) is 10.4 Å². The van der Waals surface area contributed by atoms with Gasteiger partial charge in [0, 0.05) is 0 Å². The maximum absolute atomic E-state index is 13.8. The van der Waals surface area contributed by atoms with E-state index in [0.717, 1.165) is 11.3 Å². The number of hydrogen-bond donors (Lipinski definition) is 1. The number of para-hydroxylation sites is 1. The van der Waals surface area contributed by atoms with Crippen LogP contribution in [-0.4, -0.2) is 21.4 Å². The molecular weight excluding hydrogens is 377 g/mol. The molecule has 0 fully saturated rings. The highest BCUT2D eigenvalue weighted by Gasteiger charge is 2.11. The minimum Gasteiger partial charge on any atom is -0.323 e. The number of hydrogen-bond acceptors (Lipinski definition) is 5. The molecule has 1 aromatic heterocycles. The van der Waals surface area contributed by atoms with Gasteiger partial charge in [-0.3, -0.25) is 4.79 Å². The van der Waals surface area contributed by atoms with E-state index in [-0.39, 0.29) is 17.3 Å². The first kappa shape index (κ1) is 17.8. The molecule has 1 heterocycles. The third-order valence-corrected chi connectivity index (χ3v) is 5.62. The summed E-state index contributed by atoms with van der Waals surface area (Å²) in [7, 11) is 0. The summed E-state index contributed by atoms with van der Waals surface area (Å²) in [4.78, 5) is 12.0. The van der Waals surface area contributed by atoms with Crippen molar-refractivity contribution in [2.75, 3.05) is 11.1 Å². The quantitative estimate of drug-likeness (QED) is 0.499. The fourth-order valence-corrected chi connectivity index (χ4v) is 4.25. The minimum atomic E-state index is -0.442. The van der Waals surface area contributed by atoms with E-state index in [1.807, 2.05) is 30.3 Å². The average Bonchev–Trinajstić information content (AvgIpc) is 2.97. The summed E-state index contributed by atoms with van der Waals surface area (Å²) in [6.07, 6.45) is 0. The summed E-state index contributed by atoms with van der Waals surface area (Å²) >= 11 is 7.93. The van der Waals surface area contributed by atoms with E-state index in [1.54, 1.807) is 23.7 Å². The zero-order valence-electron chi connectivity index (χ0n) is 13.2. The second-order valence-electron chi connectivity index (χ2n) is 5.20. The number of carbonyl (C=O) groups excluding carboxylic acids is 1. The lowest BCUT2D eigenvalue weighted by atomic mass is 10.2. The van der Waals surface area contributed by atoms with E-state index in [1.165, 1.54) is 29.2 Å². The topological polar surface area (TPSA) is 46.9 Å². The Hall–Kier alpha value is -2.03. The number of nitrogens with one attached hydrogen (secondary N) is 1. The van der Waals surface area contributed by atoms with Gasteiger partial charge in [-0.25, -0.2) is 9.07 Å². The number of nitrogens with zero attached hydrogens (tertiary/aromatic N) is 2. The van der Waals surface area contributed by atoms with Gasteiger partial charge < -0.3 is 5.32 Å². The number of anilines is 1. The number of carbonyl (C=O) groups is 1. The van der Waals surface area contributed by atoms with Gasteiger partial charge >= 0.3 is 0 Å². The fourth-order valence-electron chi connectivity index (χ4n) is 2.09. The molecule has 0 unspecified atom stereocenters. The Morgan fingerprint density at radius 1 is 1.32 bits per heavy atom. The van der Waals surface area contributed by atoms with Gasteiger partial charge in [0.1, 0.15) is 5.82 Å². The van der Waals surface area contributed by atoms with Crippen molar-refractivity contribution in [3.8, 4) is 5.69 Å². The largest absolute Gasteiger partial charge is 0.323 e. The molecule has 0 radical (unpaired) electrons. The first-order valence-corrected chi connectivity index (χ1v) is 9.58. The van der Waals surface area contributed by atoms with Crippen molar-refractivity contribution in [1.29, 1.82) is 0 Å². The normalized spacial score (nSPS) is 10.6. The Morgan fingerprint density at radius 2 is 2.08 bits per heavy atom. The summed E-state index contributed by atoms with van der Waals surface area (Å²) in [5, 5.41) is 7.00. The maximum Gasteiger partial charge on any atom is 0.234 e. The smallest absolute Gasteiger partial charge is 0.234 e. The van der Waals surface area contributed by atoms with Gasteiger partial charge in [0.05, 0.1) is 17.1 Å². The van der Waals surface area contributed by atoms with Gasteiger partial charge in [0.15, 0.2) is 8.29 Å². The third kappa shape index (κ3) is 4.53. The molecular formula is C17H14FN3OS3. The van der Waals surface area contributed by atoms with Crippen LogP contribution in [0.4, 0.5) is 10.1 Å². The van der Waals surface area contributed by atoms with Crippen LogP contribution in [0.2, 0.25) is 0 Å². The Balaban J connectivity index is 1.64. The Bertz CT molecular complexity index is 953. The molecule has 25 heavy (non-hydrogen) atoms. The number of aryl methyl sites for hydroxylation is 1. The Labute approximate surface area is 157 Å². The molecule has 2 aromatic carbocycles. The van der Waals surface area contributed by atoms with Crippen LogP contribution in [0.25, 0.3) is 5.69 Å². The first-order chi connectivity index (χ1) is 12.0. The average molecular weight is 392 g/mol. The molecule has 4 nitrogen and oxygen atoms in total. The minimum absolute atomic E-state index is 0.129. The number of amides is 1. The van der Waals surface area contributed by atoms with Gasteiger partial charge in [0.25, 0.3) is 0 Å². The number of thioether (sulfide) groups is 1. The van der Waals surface area contributed by atoms with E-state index in [0.29, 0.717) is 8.29 Å². The van der Waals surface area contributed by atoms with Gasteiger partial charge in [-0.15, -0.1) is 5.10 Å². The number of halogens is 1. The monoisotopic (exact) mass is 391 g/mol. The molecule has 0 atom stereocenters. The molecule has 0 saturated carbocycles. The summed E-state index contributed by atoms with van der Waals surface area (Å²) in [5.74, 6) is -0.604. The Morgan fingerprint density at radius 3 is 2.80 bits per heavy atom. The molecule has 0 aliphatic heterocycles. The summed E-state index contributed by atoms with van der Waals surface area (Å²) in [5.41, 5.74) is 1.86. The zero-order chi connectivity index (χ0) is 17.8. The SMILES string of the molecule is Cc1ccc(NC(=O)CSc2nn(-c3ccccc3)c(=S)s2)c(F)c1. The highest BCUT2D eigenvalue weighted by atomic mass is 32.2. The zero-order valence-corrected chi connectivity index (χ0v) is 15.7. The summed E-state index contributed by atoms with van der Waals surface area (Å²) < 4.78 is 16.7. The second-order valence-corrected chi connectivity index (χ2v) is 8.05. The molecule has 1 amide bonds. The summed E-state index contributed by atoms with van der Waals surface area (Å²) in [6.45, 7) is 1.79. The highest BCUT2D eigenvalue weighted by molar-refractivity contribution is 8.01. The number of benzene rings is 2. The van der Waals surface area contributed by atoms with E-state index in [4.69, 9.17) is 12.2 Å². The molecule has 0 aliphatic carbocycles. The predicted molar refractivity (Wildman–Crippen MR) is 103 cm³/mol. The van der Waals surface area contributed by atoms with Gasteiger partial charge in [0.2, 0.25) is 5.91 Å². The van der Waals surface area contributed by atoms with Crippen molar-refractivity contribution in [2.24, 2.45) is 0 Å². The number of aromatic nitrogens is 2. The van der Waals surface area contributed by atoms with Crippen LogP contribution < -0.4 is 5.32 Å². The van der Waals surface area contributed by atoms with Crippen LogP contribution in [0.3, 0.4) is 0 Å². The van der Waals surface area contributed by atoms with Gasteiger partial charge in [-0.05, 0) is 49.0 Å². The predicted octanol–water partition coefficient (Wildman–Crippen LogP) is 4.84. The molecule has 1 N–H and O–H groups in total. The lowest BCUT2D eigenvalue weighted by Gasteiger charge is -2.06. The lowest BCUT2D eigenvalue weighted by molar-refractivity contribution is -0.113. The van der Waals surface area contributed by atoms with Crippen molar-refractivity contribution in [1.82, 2.24) is 9.78 Å². The molecule has 3 rings (SSSR count). The number of rotatable bonds is 5. The third-order valence-electron chi connectivity index (χ3n) is 3.26. The van der Waals surface area contributed by atoms with Crippen molar-refractivity contribution in [3.63, 3.8) is 0 Å². The van der Waals surface area contributed by atoms with Crippen LogP contribution in [0, 0.1) is 16.7 Å². The molecule has 0 spiro atoms. The molecule has 8 heteroatoms. The van der Waals surface area contributed by atoms with Crippen LogP contribution in [-0.2, 0) is 4.79 Å². The van der Waals surface area contributed by atoms with Gasteiger partial charge in [-0.2, -0.15) is 0 Å². The van der Waals surface area contributed by atoms with E-state index < -0.39 is 5.82 Å². The molecule has 0 bridgehead atoms. The maximum atomic E-state index is 13.8. The van der Waals surface area contributed by atoms with Crippen LogP contribution in [0.15, 0.2) is 52.9 Å². The van der Waals surface area contributed by atoms with Crippen molar-refractivity contribution >= 4 is 46.9 Å². The molecule has 0 aliphatic rings. The van der Waals surface area contributed by atoms with Gasteiger partial charge in [-0.1, -0.05) is 47.4 Å². The fraction of sp³-hybridized carbons (Fsp3) is 0.118. The highest BCUT2D eigenvalue weighted by Crippen LogP contribution is 2.24. The van der Waals surface area contributed by atoms with Crippen LogP contribution in [0.5, 0.6) is 0 Å².